The molecule has 2 aromatic rings. The smallest absolute Gasteiger partial charge is 0.267 e. The zero-order valence-electron chi connectivity index (χ0n) is 12.2. The molecule has 0 spiro atoms. The first-order valence-electron chi connectivity index (χ1n) is 6.59. The van der Waals surface area contributed by atoms with E-state index < -0.39 is 10.0 Å². The van der Waals surface area contributed by atoms with Gasteiger partial charge in [-0.2, -0.15) is 0 Å². The summed E-state index contributed by atoms with van der Waals surface area (Å²) in [5.74, 6) is 0.123. The van der Waals surface area contributed by atoms with Crippen LogP contribution < -0.4 is 10.0 Å². The fraction of sp³-hybridized carbons (Fsp3) is 0.385. The fourth-order valence-electron chi connectivity index (χ4n) is 1.69. The van der Waals surface area contributed by atoms with E-state index in [2.05, 4.69) is 20.2 Å². The normalized spacial score (nSPS) is 11.4. The van der Waals surface area contributed by atoms with Crippen LogP contribution in [0.15, 0.2) is 27.9 Å². The molecule has 2 N–H and O–H groups in total. The van der Waals surface area contributed by atoms with Crippen LogP contribution in [0.3, 0.4) is 0 Å². The molecule has 0 saturated carbocycles. The van der Waals surface area contributed by atoms with Gasteiger partial charge in [-0.1, -0.05) is 12.1 Å². The number of hydrogen-bond donors (Lipinski definition) is 2. The van der Waals surface area contributed by atoms with E-state index in [1.807, 2.05) is 6.92 Å². The summed E-state index contributed by atoms with van der Waals surface area (Å²) in [6.07, 6.45) is 3.73. The number of aryl methyl sites for hydroxylation is 1. The van der Waals surface area contributed by atoms with Crippen LogP contribution in [0.1, 0.15) is 24.6 Å². The number of nitrogens with one attached hydrogen (secondary N) is 2. The quantitative estimate of drug-likeness (QED) is 0.849. The topological polar surface area (TPSA) is 97.1 Å². The first-order valence-corrected chi connectivity index (χ1v) is 8.07. The number of aromatic nitrogens is 2. The molecule has 0 amide bonds. The maximum atomic E-state index is 12.5. The number of anilines is 2. The van der Waals surface area contributed by atoms with Gasteiger partial charge >= 0.3 is 0 Å². The second kappa shape index (κ2) is 6.13. The molecule has 0 atom stereocenters. The third-order valence-corrected chi connectivity index (χ3v) is 4.38. The molecule has 0 unspecified atom stereocenters. The summed E-state index contributed by atoms with van der Waals surface area (Å²) in [7, 11) is -3.79. The number of rotatable bonds is 6. The Morgan fingerprint density at radius 1 is 1.33 bits per heavy atom. The van der Waals surface area contributed by atoms with Gasteiger partial charge in [-0.25, -0.2) is 13.1 Å². The molecule has 2 aromatic heterocycles. The van der Waals surface area contributed by atoms with Gasteiger partial charge in [0.1, 0.15) is 4.90 Å². The summed E-state index contributed by atoms with van der Waals surface area (Å²) in [5.41, 5.74) is 1.81. The average Bonchev–Trinajstić information content (AvgIpc) is 2.77. The van der Waals surface area contributed by atoms with Crippen molar-refractivity contribution in [3.63, 3.8) is 0 Å². The molecule has 21 heavy (non-hydrogen) atoms. The molecule has 0 radical (unpaired) electrons. The Morgan fingerprint density at radius 2 is 2.10 bits per heavy atom. The summed E-state index contributed by atoms with van der Waals surface area (Å²) < 4.78 is 32.3. The van der Waals surface area contributed by atoms with Crippen LogP contribution in [0.2, 0.25) is 0 Å². The van der Waals surface area contributed by atoms with Gasteiger partial charge in [-0.3, -0.25) is 4.98 Å². The van der Waals surface area contributed by atoms with E-state index in [0.717, 1.165) is 6.42 Å². The Balaban J connectivity index is 2.33. The van der Waals surface area contributed by atoms with E-state index >= 15 is 0 Å². The number of sulfonamides is 1. The van der Waals surface area contributed by atoms with Crippen molar-refractivity contribution in [3.8, 4) is 0 Å². The second-order valence-corrected chi connectivity index (χ2v) is 6.28. The van der Waals surface area contributed by atoms with Gasteiger partial charge in [-0.05, 0) is 26.3 Å². The highest BCUT2D eigenvalue weighted by Gasteiger charge is 2.22. The molecule has 0 saturated heterocycles. The van der Waals surface area contributed by atoms with Crippen molar-refractivity contribution in [1.82, 2.24) is 10.1 Å². The largest absolute Gasteiger partial charge is 0.384 e. The van der Waals surface area contributed by atoms with Crippen LogP contribution in [0.4, 0.5) is 11.6 Å². The molecule has 0 fully saturated rings. The third kappa shape index (κ3) is 3.33. The van der Waals surface area contributed by atoms with Crippen LogP contribution >= 0.6 is 0 Å². The van der Waals surface area contributed by atoms with Crippen molar-refractivity contribution in [2.75, 3.05) is 16.6 Å². The lowest BCUT2D eigenvalue weighted by atomic mass is 10.3. The minimum atomic E-state index is -3.79. The molecule has 8 heteroatoms. The molecule has 0 aliphatic heterocycles. The van der Waals surface area contributed by atoms with E-state index in [1.165, 1.54) is 6.20 Å². The Morgan fingerprint density at radius 3 is 2.71 bits per heavy atom. The van der Waals surface area contributed by atoms with Crippen molar-refractivity contribution < 1.29 is 12.9 Å². The maximum Gasteiger partial charge on any atom is 0.267 e. The minimum Gasteiger partial charge on any atom is -0.384 e. The van der Waals surface area contributed by atoms with Gasteiger partial charge in [0.25, 0.3) is 10.0 Å². The third-order valence-electron chi connectivity index (χ3n) is 3.02. The summed E-state index contributed by atoms with van der Waals surface area (Å²) in [6, 6.07) is 1.63. The van der Waals surface area contributed by atoms with Crippen molar-refractivity contribution in [2.45, 2.75) is 32.1 Å². The second-order valence-electron chi connectivity index (χ2n) is 4.63. The summed E-state index contributed by atoms with van der Waals surface area (Å²) in [4.78, 5) is 3.96. The first kappa shape index (κ1) is 15.3. The van der Waals surface area contributed by atoms with E-state index in [4.69, 9.17) is 4.52 Å². The molecule has 2 rings (SSSR count). The SMILES string of the molecule is CCCNc1ccncc1S(=O)(=O)Nc1onc(C)c1C. The summed E-state index contributed by atoms with van der Waals surface area (Å²) in [6.45, 7) is 6.16. The molecule has 7 nitrogen and oxygen atoms in total. The Hall–Kier alpha value is -2.09. The predicted octanol–water partition coefficient (Wildman–Crippen LogP) is 2.31. The van der Waals surface area contributed by atoms with E-state index in [1.54, 1.807) is 26.1 Å². The predicted molar refractivity (Wildman–Crippen MR) is 79.8 cm³/mol. The molecular formula is C13H18N4O3S. The summed E-state index contributed by atoms with van der Waals surface area (Å²) in [5, 5.41) is 6.80. The Labute approximate surface area is 123 Å². The summed E-state index contributed by atoms with van der Waals surface area (Å²) >= 11 is 0. The van der Waals surface area contributed by atoms with Gasteiger partial charge in [-0.15, -0.1) is 0 Å². The molecule has 2 heterocycles. The van der Waals surface area contributed by atoms with Gasteiger partial charge in [0.05, 0.1) is 11.4 Å². The molecule has 0 aliphatic rings. The molecule has 114 valence electrons. The molecular weight excluding hydrogens is 292 g/mol. The van der Waals surface area contributed by atoms with Crippen LogP contribution in [-0.2, 0) is 10.0 Å². The Kier molecular flexibility index (Phi) is 4.46. The number of pyridine rings is 1. The zero-order chi connectivity index (χ0) is 15.5. The van der Waals surface area contributed by atoms with Crippen LogP contribution in [0.25, 0.3) is 0 Å². The van der Waals surface area contributed by atoms with Crippen molar-refractivity contribution in [3.05, 3.63) is 29.7 Å². The van der Waals surface area contributed by atoms with E-state index in [0.29, 0.717) is 23.5 Å². The fourth-order valence-corrected chi connectivity index (χ4v) is 2.86. The Bertz CT molecular complexity index is 725. The van der Waals surface area contributed by atoms with Crippen molar-refractivity contribution >= 4 is 21.6 Å². The van der Waals surface area contributed by atoms with E-state index in [9.17, 15) is 8.42 Å². The van der Waals surface area contributed by atoms with Crippen LogP contribution in [0, 0.1) is 13.8 Å². The zero-order valence-corrected chi connectivity index (χ0v) is 13.0. The van der Waals surface area contributed by atoms with Gasteiger partial charge < -0.3 is 9.84 Å². The standard InChI is InChI=1S/C13H18N4O3S/c1-4-6-15-11-5-7-14-8-12(11)21(18,19)17-13-9(2)10(3)16-20-13/h5,7-8,17H,4,6H2,1-3H3,(H,14,15). The van der Waals surface area contributed by atoms with Gasteiger partial charge in [0, 0.05) is 24.5 Å². The lowest BCUT2D eigenvalue weighted by Gasteiger charge is -2.11. The molecule has 0 aliphatic carbocycles. The minimum absolute atomic E-state index is 0.0758. The highest BCUT2D eigenvalue weighted by molar-refractivity contribution is 7.92. The first-order chi connectivity index (χ1) is 9.95. The van der Waals surface area contributed by atoms with Crippen molar-refractivity contribution in [1.29, 1.82) is 0 Å². The lowest BCUT2D eigenvalue weighted by Crippen LogP contribution is -2.16. The van der Waals surface area contributed by atoms with Crippen LogP contribution in [0.5, 0.6) is 0 Å². The van der Waals surface area contributed by atoms with Crippen LogP contribution in [-0.4, -0.2) is 25.1 Å². The van der Waals surface area contributed by atoms with Gasteiger partial charge in [0.2, 0.25) is 5.88 Å². The molecule has 0 aromatic carbocycles. The highest BCUT2D eigenvalue weighted by Crippen LogP contribution is 2.25. The average molecular weight is 310 g/mol. The number of hydrogen-bond acceptors (Lipinski definition) is 6. The van der Waals surface area contributed by atoms with Crippen molar-refractivity contribution in [2.24, 2.45) is 0 Å². The molecule has 0 bridgehead atoms. The number of nitrogens with zero attached hydrogens (tertiary/aromatic N) is 2. The lowest BCUT2D eigenvalue weighted by molar-refractivity contribution is 0.430. The monoisotopic (exact) mass is 310 g/mol. The van der Waals surface area contributed by atoms with Gasteiger partial charge in [0.15, 0.2) is 0 Å². The van der Waals surface area contributed by atoms with E-state index in [-0.39, 0.29) is 10.8 Å². The highest BCUT2D eigenvalue weighted by atomic mass is 32.2. The maximum absolute atomic E-state index is 12.5.